The Balaban J connectivity index is 1.69. The van der Waals surface area contributed by atoms with Crippen LogP contribution in [0.1, 0.15) is 19.8 Å². The summed E-state index contributed by atoms with van der Waals surface area (Å²) in [6.07, 6.45) is 2.70. The summed E-state index contributed by atoms with van der Waals surface area (Å²) >= 11 is 1.65. The topological polar surface area (TPSA) is 53.1 Å². The lowest BCUT2D eigenvalue weighted by molar-refractivity contribution is 0.337. The van der Waals surface area contributed by atoms with E-state index in [-0.39, 0.29) is 0 Å². The molecule has 20 heavy (non-hydrogen) atoms. The number of nitrogens with zero attached hydrogens (tertiary/aromatic N) is 3. The first-order valence-electron chi connectivity index (χ1n) is 7.21. The van der Waals surface area contributed by atoms with E-state index >= 15 is 0 Å². The standard InChI is InChI=1S/C14H21N5S/c1-3-15-14-17-12(11-6-9-20-13(11)18-14)16-7-8-19(2)10-4-5-10/h6,9-10H,3-5,7-8H2,1-2H3,(H2,15,16,17,18). The van der Waals surface area contributed by atoms with Crippen molar-refractivity contribution in [3.8, 4) is 0 Å². The molecule has 0 spiro atoms. The van der Waals surface area contributed by atoms with Gasteiger partial charge in [0.25, 0.3) is 0 Å². The van der Waals surface area contributed by atoms with E-state index in [0.29, 0.717) is 5.95 Å². The van der Waals surface area contributed by atoms with Gasteiger partial charge in [-0.1, -0.05) is 0 Å². The maximum absolute atomic E-state index is 4.58. The van der Waals surface area contributed by atoms with E-state index in [1.165, 1.54) is 12.8 Å². The number of fused-ring (bicyclic) bond motifs is 1. The number of anilines is 2. The van der Waals surface area contributed by atoms with Crippen LogP contribution in [-0.2, 0) is 0 Å². The lowest BCUT2D eigenvalue weighted by Gasteiger charge is -2.16. The average Bonchev–Trinajstić information content (AvgIpc) is 3.18. The molecule has 0 radical (unpaired) electrons. The molecule has 1 aliphatic rings. The summed E-state index contributed by atoms with van der Waals surface area (Å²) in [5, 5.41) is 9.83. The first-order chi connectivity index (χ1) is 9.78. The van der Waals surface area contributed by atoms with Crippen LogP contribution in [-0.4, -0.2) is 47.6 Å². The van der Waals surface area contributed by atoms with E-state index in [9.17, 15) is 0 Å². The molecule has 1 saturated carbocycles. The normalized spacial score (nSPS) is 14.9. The second-order valence-corrected chi connectivity index (χ2v) is 6.10. The van der Waals surface area contributed by atoms with Crippen LogP contribution < -0.4 is 10.6 Å². The molecule has 0 unspecified atom stereocenters. The van der Waals surface area contributed by atoms with Crippen LogP contribution in [0.15, 0.2) is 11.4 Å². The lowest BCUT2D eigenvalue weighted by Crippen LogP contribution is -2.27. The molecule has 2 aromatic heterocycles. The minimum Gasteiger partial charge on any atom is -0.368 e. The van der Waals surface area contributed by atoms with Gasteiger partial charge in [0.15, 0.2) is 0 Å². The molecule has 2 N–H and O–H groups in total. The van der Waals surface area contributed by atoms with Crippen molar-refractivity contribution in [3.63, 3.8) is 0 Å². The number of thiophene rings is 1. The molecule has 0 amide bonds. The van der Waals surface area contributed by atoms with Gasteiger partial charge in [-0.15, -0.1) is 11.3 Å². The van der Waals surface area contributed by atoms with Crippen molar-refractivity contribution < 1.29 is 0 Å². The van der Waals surface area contributed by atoms with Gasteiger partial charge >= 0.3 is 0 Å². The molecule has 2 heterocycles. The first-order valence-corrected chi connectivity index (χ1v) is 8.09. The summed E-state index contributed by atoms with van der Waals surface area (Å²) < 4.78 is 0. The van der Waals surface area contributed by atoms with Crippen LogP contribution in [0.2, 0.25) is 0 Å². The van der Waals surface area contributed by atoms with Crippen LogP contribution in [0.4, 0.5) is 11.8 Å². The third-order valence-corrected chi connectivity index (χ3v) is 4.39. The zero-order valence-corrected chi connectivity index (χ0v) is 12.8. The molecular weight excluding hydrogens is 270 g/mol. The molecule has 0 aromatic carbocycles. The van der Waals surface area contributed by atoms with Gasteiger partial charge in [-0.2, -0.15) is 4.98 Å². The molecule has 0 bridgehead atoms. The fourth-order valence-corrected chi connectivity index (χ4v) is 3.04. The van der Waals surface area contributed by atoms with Crippen molar-refractivity contribution in [3.05, 3.63) is 11.4 Å². The van der Waals surface area contributed by atoms with Crippen LogP contribution >= 0.6 is 11.3 Å². The Morgan fingerprint density at radius 2 is 2.20 bits per heavy atom. The molecule has 6 heteroatoms. The highest BCUT2D eigenvalue weighted by molar-refractivity contribution is 7.16. The Morgan fingerprint density at radius 1 is 1.35 bits per heavy atom. The van der Waals surface area contributed by atoms with E-state index in [2.05, 4.69) is 50.9 Å². The van der Waals surface area contributed by atoms with E-state index in [4.69, 9.17) is 0 Å². The number of aromatic nitrogens is 2. The van der Waals surface area contributed by atoms with E-state index < -0.39 is 0 Å². The highest BCUT2D eigenvalue weighted by Crippen LogP contribution is 2.27. The van der Waals surface area contributed by atoms with Crippen LogP contribution in [0, 0.1) is 0 Å². The number of hydrogen-bond donors (Lipinski definition) is 2. The lowest BCUT2D eigenvalue weighted by atomic mass is 10.3. The summed E-state index contributed by atoms with van der Waals surface area (Å²) in [6, 6.07) is 2.89. The van der Waals surface area contributed by atoms with Crippen molar-refractivity contribution >= 4 is 33.3 Å². The summed E-state index contributed by atoms with van der Waals surface area (Å²) in [5.41, 5.74) is 0. The molecule has 1 fully saturated rings. The zero-order chi connectivity index (χ0) is 13.9. The molecule has 0 saturated heterocycles. The minimum atomic E-state index is 0.709. The summed E-state index contributed by atoms with van der Waals surface area (Å²) in [4.78, 5) is 12.5. The zero-order valence-electron chi connectivity index (χ0n) is 12.0. The van der Waals surface area contributed by atoms with Crippen molar-refractivity contribution in [1.82, 2.24) is 14.9 Å². The van der Waals surface area contributed by atoms with E-state index in [0.717, 1.165) is 41.7 Å². The van der Waals surface area contributed by atoms with Crippen LogP contribution in [0.25, 0.3) is 10.2 Å². The molecule has 2 aromatic rings. The van der Waals surface area contributed by atoms with Gasteiger partial charge in [0.1, 0.15) is 10.6 Å². The SMILES string of the molecule is CCNc1nc(NCCN(C)C2CC2)c2ccsc2n1. The second-order valence-electron chi connectivity index (χ2n) is 5.20. The Bertz CT molecular complexity index is 578. The Morgan fingerprint density at radius 3 is 2.95 bits per heavy atom. The van der Waals surface area contributed by atoms with E-state index in [1.807, 2.05) is 0 Å². The smallest absolute Gasteiger partial charge is 0.226 e. The summed E-state index contributed by atoms with van der Waals surface area (Å²) in [5.74, 6) is 1.65. The number of rotatable bonds is 7. The van der Waals surface area contributed by atoms with Gasteiger partial charge in [-0.05, 0) is 38.3 Å². The summed E-state index contributed by atoms with van der Waals surface area (Å²) in [7, 11) is 2.20. The molecule has 108 valence electrons. The minimum absolute atomic E-state index is 0.709. The largest absolute Gasteiger partial charge is 0.368 e. The molecule has 1 aliphatic carbocycles. The van der Waals surface area contributed by atoms with Crippen molar-refractivity contribution in [2.45, 2.75) is 25.8 Å². The fraction of sp³-hybridized carbons (Fsp3) is 0.571. The first kappa shape index (κ1) is 13.6. The monoisotopic (exact) mass is 291 g/mol. The summed E-state index contributed by atoms with van der Waals surface area (Å²) in [6.45, 7) is 4.86. The Labute approximate surface area is 123 Å². The fourth-order valence-electron chi connectivity index (χ4n) is 2.28. The third kappa shape index (κ3) is 3.02. The van der Waals surface area contributed by atoms with Crippen molar-refractivity contribution in [2.75, 3.05) is 37.3 Å². The Hall–Kier alpha value is -1.40. The number of nitrogens with one attached hydrogen (secondary N) is 2. The molecule has 5 nitrogen and oxygen atoms in total. The van der Waals surface area contributed by atoms with Crippen molar-refractivity contribution in [1.29, 1.82) is 0 Å². The van der Waals surface area contributed by atoms with Crippen molar-refractivity contribution in [2.24, 2.45) is 0 Å². The quantitative estimate of drug-likeness (QED) is 0.821. The molecule has 0 aliphatic heterocycles. The Kier molecular flexibility index (Phi) is 4.03. The van der Waals surface area contributed by atoms with Gasteiger partial charge in [0.2, 0.25) is 5.95 Å². The molecule has 3 rings (SSSR count). The van der Waals surface area contributed by atoms with Gasteiger partial charge in [0, 0.05) is 25.7 Å². The molecule has 0 atom stereocenters. The number of likely N-dealkylation sites (N-methyl/N-ethyl adjacent to an activating group) is 1. The van der Waals surface area contributed by atoms with Gasteiger partial charge in [-0.3, -0.25) is 0 Å². The van der Waals surface area contributed by atoms with E-state index in [1.54, 1.807) is 11.3 Å². The van der Waals surface area contributed by atoms with Gasteiger partial charge in [0.05, 0.1) is 5.39 Å². The maximum Gasteiger partial charge on any atom is 0.226 e. The average molecular weight is 291 g/mol. The van der Waals surface area contributed by atoms with Crippen LogP contribution in [0.3, 0.4) is 0 Å². The predicted molar refractivity (Wildman–Crippen MR) is 85.7 cm³/mol. The third-order valence-electron chi connectivity index (χ3n) is 3.59. The second kappa shape index (κ2) is 5.93. The highest BCUT2D eigenvalue weighted by Gasteiger charge is 2.25. The predicted octanol–water partition coefficient (Wildman–Crippen LogP) is 2.63. The molecular formula is C14H21N5S. The number of hydrogen-bond acceptors (Lipinski definition) is 6. The van der Waals surface area contributed by atoms with Gasteiger partial charge in [-0.25, -0.2) is 4.98 Å². The van der Waals surface area contributed by atoms with Crippen LogP contribution in [0.5, 0.6) is 0 Å². The maximum atomic E-state index is 4.58. The van der Waals surface area contributed by atoms with Gasteiger partial charge < -0.3 is 15.5 Å². The highest BCUT2D eigenvalue weighted by atomic mass is 32.1.